The van der Waals surface area contributed by atoms with Crippen molar-refractivity contribution in [2.24, 2.45) is 0 Å². The number of alkyl halides is 3. The fraction of sp³-hybridized carbons (Fsp3) is 0.348. The van der Waals surface area contributed by atoms with Gasteiger partial charge in [-0.1, -0.05) is 18.2 Å². The molecule has 182 valence electrons. The first-order chi connectivity index (χ1) is 16.2. The molecule has 1 fully saturated rings. The molecule has 0 bridgehead atoms. The van der Waals surface area contributed by atoms with Crippen molar-refractivity contribution >= 4 is 23.5 Å². The predicted molar refractivity (Wildman–Crippen MR) is 114 cm³/mol. The van der Waals surface area contributed by atoms with Crippen molar-refractivity contribution in [2.75, 3.05) is 31.7 Å². The monoisotopic (exact) mass is 480 g/mol. The average Bonchev–Trinajstić information content (AvgIpc) is 3.33. The van der Waals surface area contributed by atoms with Gasteiger partial charge < -0.3 is 24.8 Å². The molecule has 2 amide bonds. The number of rotatable bonds is 9. The van der Waals surface area contributed by atoms with Crippen LogP contribution in [0.15, 0.2) is 48.5 Å². The molecule has 11 heteroatoms. The zero-order valence-electron chi connectivity index (χ0n) is 18.0. The van der Waals surface area contributed by atoms with Crippen LogP contribution in [0.2, 0.25) is 0 Å². The molecule has 0 saturated carbocycles. The Balaban J connectivity index is 1.50. The molecule has 2 N–H and O–H groups in total. The van der Waals surface area contributed by atoms with E-state index < -0.39 is 42.7 Å². The highest BCUT2D eigenvalue weighted by Gasteiger charge is 2.30. The summed E-state index contributed by atoms with van der Waals surface area (Å²) in [6, 6.07) is 10.1. The van der Waals surface area contributed by atoms with E-state index in [1.807, 2.05) is 0 Å². The summed E-state index contributed by atoms with van der Waals surface area (Å²) in [5.41, 5.74) is -0.967. The summed E-state index contributed by atoms with van der Waals surface area (Å²) in [7, 11) is 0. The molecule has 1 aliphatic heterocycles. The van der Waals surface area contributed by atoms with Gasteiger partial charge in [0.15, 0.2) is 13.2 Å². The highest BCUT2D eigenvalue weighted by Crippen LogP contribution is 2.30. The van der Waals surface area contributed by atoms with Gasteiger partial charge in [-0.3, -0.25) is 9.59 Å². The standard InChI is InChI=1S/C23H23F3N2O6/c24-23(25,26)15-5-3-6-16(11-15)28-21(30)14-33-19-9-2-1-8-18(19)22(31)34-13-20(29)27-12-17-7-4-10-32-17/h1-3,5-6,8-9,11,17H,4,7,10,12-14H2,(H,27,29)(H,28,30). The Morgan fingerprint density at radius 3 is 2.56 bits per heavy atom. The van der Waals surface area contributed by atoms with Crippen molar-refractivity contribution in [2.45, 2.75) is 25.1 Å². The molecule has 1 heterocycles. The molecule has 0 spiro atoms. The van der Waals surface area contributed by atoms with Gasteiger partial charge in [0.1, 0.15) is 11.3 Å². The molecule has 1 aliphatic rings. The molecular weight excluding hydrogens is 457 g/mol. The second-order valence-electron chi connectivity index (χ2n) is 7.43. The van der Waals surface area contributed by atoms with Crippen molar-refractivity contribution in [1.29, 1.82) is 0 Å². The normalized spacial score (nSPS) is 15.4. The van der Waals surface area contributed by atoms with Crippen molar-refractivity contribution in [3.05, 3.63) is 59.7 Å². The number of amides is 2. The van der Waals surface area contributed by atoms with Gasteiger partial charge >= 0.3 is 12.1 Å². The van der Waals surface area contributed by atoms with Gasteiger partial charge in [0, 0.05) is 18.8 Å². The summed E-state index contributed by atoms with van der Waals surface area (Å²) >= 11 is 0. The second-order valence-corrected chi connectivity index (χ2v) is 7.43. The van der Waals surface area contributed by atoms with Crippen LogP contribution in [-0.2, 0) is 25.2 Å². The topological polar surface area (TPSA) is 103 Å². The van der Waals surface area contributed by atoms with E-state index in [0.29, 0.717) is 13.2 Å². The summed E-state index contributed by atoms with van der Waals surface area (Å²) in [6.07, 6.45) is -2.80. The first-order valence-corrected chi connectivity index (χ1v) is 10.5. The van der Waals surface area contributed by atoms with Gasteiger partial charge in [-0.05, 0) is 43.2 Å². The minimum absolute atomic E-state index is 0.0127. The van der Waals surface area contributed by atoms with E-state index in [-0.39, 0.29) is 23.1 Å². The SMILES string of the molecule is O=C(COC(=O)c1ccccc1OCC(=O)Nc1cccc(C(F)(F)F)c1)NCC1CCCO1. The molecule has 1 saturated heterocycles. The summed E-state index contributed by atoms with van der Waals surface area (Å²) in [5, 5.41) is 4.93. The molecule has 1 unspecified atom stereocenters. The van der Waals surface area contributed by atoms with Crippen LogP contribution in [0.4, 0.5) is 18.9 Å². The first-order valence-electron chi connectivity index (χ1n) is 10.5. The number of carbonyl (C=O) groups excluding carboxylic acids is 3. The molecule has 0 radical (unpaired) electrons. The number of para-hydroxylation sites is 1. The number of hydrogen-bond donors (Lipinski definition) is 2. The molecule has 2 aromatic carbocycles. The maximum absolute atomic E-state index is 12.8. The lowest BCUT2D eigenvalue weighted by Gasteiger charge is -2.13. The Kier molecular flexibility index (Phi) is 8.47. The molecule has 8 nitrogen and oxygen atoms in total. The van der Waals surface area contributed by atoms with Crippen molar-refractivity contribution < 1.29 is 41.8 Å². The van der Waals surface area contributed by atoms with Crippen LogP contribution < -0.4 is 15.4 Å². The Morgan fingerprint density at radius 2 is 1.82 bits per heavy atom. The summed E-state index contributed by atoms with van der Waals surface area (Å²) in [4.78, 5) is 36.4. The molecule has 0 aliphatic carbocycles. The summed E-state index contributed by atoms with van der Waals surface area (Å²) < 4.78 is 54.2. The highest BCUT2D eigenvalue weighted by atomic mass is 19.4. The molecule has 0 aromatic heterocycles. The van der Waals surface area contributed by atoms with Crippen LogP contribution in [0.1, 0.15) is 28.8 Å². The van der Waals surface area contributed by atoms with E-state index in [4.69, 9.17) is 14.2 Å². The van der Waals surface area contributed by atoms with E-state index >= 15 is 0 Å². The quantitative estimate of drug-likeness (QED) is 0.535. The number of anilines is 1. The minimum atomic E-state index is -4.54. The third kappa shape index (κ3) is 7.48. The largest absolute Gasteiger partial charge is 0.483 e. The number of carbonyl (C=O) groups is 3. The number of ether oxygens (including phenoxy) is 3. The molecule has 1 atom stereocenters. The van der Waals surface area contributed by atoms with Crippen LogP contribution in [0.3, 0.4) is 0 Å². The Hall–Kier alpha value is -3.60. The summed E-state index contributed by atoms with van der Waals surface area (Å²) in [5.74, 6) is -2.02. The van der Waals surface area contributed by atoms with Gasteiger partial charge in [-0.15, -0.1) is 0 Å². The summed E-state index contributed by atoms with van der Waals surface area (Å²) in [6.45, 7) is -0.0837. The van der Waals surface area contributed by atoms with Gasteiger partial charge in [0.05, 0.1) is 11.7 Å². The van der Waals surface area contributed by atoms with E-state index in [1.54, 1.807) is 12.1 Å². The van der Waals surface area contributed by atoms with E-state index in [1.165, 1.54) is 24.3 Å². The number of esters is 1. The highest BCUT2D eigenvalue weighted by molar-refractivity contribution is 5.95. The van der Waals surface area contributed by atoms with Gasteiger partial charge in [0.2, 0.25) is 0 Å². The van der Waals surface area contributed by atoms with Crippen LogP contribution in [0.25, 0.3) is 0 Å². The molecule has 3 rings (SSSR count). The number of benzene rings is 2. The van der Waals surface area contributed by atoms with Crippen molar-refractivity contribution in [1.82, 2.24) is 5.32 Å². The molecular formula is C23H23F3N2O6. The zero-order chi connectivity index (χ0) is 24.6. The maximum atomic E-state index is 12.8. The second kappa shape index (κ2) is 11.5. The predicted octanol–water partition coefficient (Wildman–Crippen LogP) is 3.17. The van der Waals surface area contributed by atoms with Crippen LogP contribution in [0.5, 0.6) is 5.75 Å². The van der Waals surface area contributed by atoms with E-state index in [2.05, 4.69) is 10.6 Å². The van der Waals surface area contributed by atoms with E-state index in [9.17, 15) is 27.6 Å². The maximum Gasteiger partial charge on any atom is 0.416 e. The Bertz CT molecular complexity index is 1020. The lowest BCUT2D eigenvalue weighted by Crippen LogP contribution is -2.34. The fourth-order valence-electron chi connectivity index (χ4n) is 3.17. The lowest BCUT2D eigenvalue weighted by atomic mass is 10.2. The first kappa shape index (κ1) is 25.0. The van der Waals surface area contributed by atoms with Crippen LogP contribution in [-0.4, -0.2) is 50.3 Å². The number of nitrogens with one attached hydrogen (secondary N) is 2. The van der Waals surface area contributed by atoms with Crippen LogP contribution >= 0.6 is 0 Å². The smallest absolute Gasteiger partial charge is 0.416 e. The third-order valence-corrected chi connectivity index (χ3v) is 4.82. The van der Waals surface area contributed by atoms with Gasteiger partial charge in [0.25, 0.3) is 11.8 Å². The van der Waals surface area contributed by atoms with Crippen LogP contribution in [0, 0.1) is 0 Å². The minimum Gasteiger partial charge on any atom is -0.483 e. The van der Waals surface area contributed by atoms with Gasteiger partial charge in [-0.25, -0.2) is 4.79 Å². The van der Waals surface area contributed by atoms with E-state index in [0.717, 1.165) is 25.0 Å². The molecule has 2 aromatic rings. The Labute approximate surface area is 193 Å². The fourth-order valence-corrected chi connectivity index (χ4v) is 3.17. The Morgan fingerprint density at radius 1 is 1.03 bits per heavy atom. The van der Waals surface area contributed by atoms with Crippen molar-refractivity contribution in [3.63, 3.8) is 0 Å². The van der Waals surface area contributed by atoms with Crippen molar-refractivity contribution in [3.8, 4) is 5.75 Å². The lowest BCUT2D eigenvalue weighted by molar-refractivity contribution is -0.137. The molecule has 34 heavy (non-hydrogen) atoms. The zero-order valence-corrected chi connectivity index (χ0v) is 18.0. The number of hydrogen-bond acceptors (Lipinski definition) is 6. The number of halogens is 3. The average molecular weight is 480 g/mol. The third-order valence-electron chi connectivity index (χ3n) is 4.82. The van der Waals surface area contributed by atoms with Gasteiger partial charge in [-0.2, -0.15) is 13.2 Å².